The number of amides is 6. The molecule has 0 aromatic carbocycles. The Morgan fingerprint density at radius 1 is 0.450 bits per heavy atom. The van der Waals surface area contributed by atoms with Gasteiger partial charge in [0, 0.05) is 6.04 Å². The highest BCUT2D eigenvalue weighted by atomic mass is 16.6. The third kappa shape index (κ3) is 24.0. The average molecular weight is 581 g/mol. The van der Waals surface area contributed by atoms with Crippen molar-refractivity contribution in [1.29, 1.82) is 0 Å². The number of carbonyl (C=O) groups excluding carboxylic acids is 6. The first kappa shape index (κ1) is 35.6. The average Bonchev–Trinajstić information content (AvgIpc) is 2.86. The van der Waals surface area contributed by atoms with Crippen LogP contribution in [0.2, 0.25) is 0 Å². The molecule has 18 heteroatoms. The van der Waals surface area contributed by atoms with E-state index in [4.69, 9.17) is 28.4 Å². The highest BCUT2D eigenvalue weighted by molar-refractivity contribution is 5.70. The fourth-order valence-corrected chi connectivity index (χ4v) is 2.22. The minimum atomic E-state index is -0.794. The summed E-state index contributed by atoms with van der Waals surface area (Å²) in [6.45, 7) is 6.45. The number of nitrogens with one attached hydrogen (secondary N) is 6. The second-order valence-electron chi connectivity index (χ2n) is 8.07. The quantitative estimate of drug-likeness (QED) is 0.0998. The van der Waals surface area contributed by atoms with E-state index in [2.05, 4.69) is 31.9 Å². The van der Waals surface area contributed by atoms with Crippen LogP contribution in [0.3, 0.4) is 0 Å². The van der Waals surface area contributed by atoms with Crippen LogP contribution in [0.4, 0.5) is 28.8 Å². The highest BCUT2D eigenvalue weighted by Crippen LogP contribution is 1.88. The van der Waals surface area contributed by atoms with E-state index in [0.717, 1.165) is 0 Å². The summed E-state index contributed by atoms with van der Waals surface area (Å²) in [5, 5.41) is 14.3. The Morgan fingerprint density at radius 3 is 1.00 bits per heavy atom. The minimum Gasteiger partial charge on any atom is -0.448 e. The van der Waals surface area contributed by atoms with Crippen molar-refractivity contribution in [3.63, 3.8) is 0 Å². The van der Waals surface area contributed by atoms with E-state index in [-0.39, 0.29) is 77.9 Å². The molecule has 40 heavy (non-hydrogen) atoms. The molecule has 0 bridgehead atoms. The Bertz CT molecular complexity index is 732. The molecule has 0 heterocycles. The Balaban J connectivity index is 3.60. The first-order chi connectivity index (χ1) is 19.0. The van der Waals surface area contributed by atoms with Crippen LogP contribution in [0.15, 0.2) is 0 Å². The molecule has 0 unspecified atom stereocenters. The van der Waals surface area contributed by atoms with Crippen molar-refractivity contribution in [3.8, 4) is 0 Å². The van der Waals surface area contributed by atoms with Crippen LogP contribution in [0, 0.1) is 0 Å². The molecule has 0 rings (SSSR count). The maximum atomic E-state index is 11.6. The van der Waals surface area contributed by atoms with Crippen LogP contribution in [0.25, 0.3) is 0 Å². The van der Waals surface area contributed by atoms with E-state index in [0.29, 0.717) is 0 Å². The molecule has 0 aliphatic heterocycles. The zero-order chi connectivity index (χ0) is 30.2. The van der Waals surface area contributed by atoms with Crippen molar-refractivity contribution >= 4 is 36.6 Å². The van der Waals surface area contributed by atoms with Crippen LogP contribution < -0.4 is 31.9 Å². The van der Waals surface area contributed by atoms with Crippen LogP contribution >= 0.6 is 0 Å². The van der Waals surface area contributed by atoms with Crippen molar-refractivity contribution in [2.24, 2.45) is 0 Å². The molecule has 0 aromatic rings. The Labute approximate surface area is 231 Å². The third-order valence-corrected chi connectivity index (χ3v) is 3.77. The number of rotatable bonds is 17. The lowest BCUT2D eigenvalue weighted by atomic mass is 10.4. The SMILES string of the molecule is CC(C)NC(=O)OCCNC(=O)OCCNC(=O)OCCNC(=O)OCCNC(=O)OCCNC(=O)OC(C)C. The van der Waals surface area contributed by atoms with E-state index in [1.165, 1.54) is 0 Å². The normalized spacial score (nSPS) is 10.1. The lowest BCUT2D eigenvalue weighted by Crippen LogP contribution is -2.36. The van der Waals surface area contributed by atoms with E-state index >= 15 is 0 Å². The number of carbonyl (C=O) groups is 6. The minimum absolute atomic E-state index is 0.0166. The summed E-state index contributed by atoms with van der Waals surface area (Å²) in [5.41, 5.74) is 0. The molecule has 6 N–H and O–H groups in total. The maximum absolute atomic E-state index is 11.6. The number of alkyl carbamates (subject to hydrolysis) is 6. The van der Waals surface area contributed by atoms with Gasteiger partial charge in [0.1, 0.15) is 33.0 Å². The molecular formula is C22H40N6O12. The molecule has 230 valence electrons. The molecule has 0 fully saturated rings. The standard InChI is InChI=1S/C22H40N6O12/c1-15(2)28-22(34)39-14-8-26-20(32)37-12-6-24-18(30)35-10-5-23-17(29)36-11-7-25-19(31)38-13-9-27-21(33)40-16(3)4/h15-16H,5-14H2,1-4H3,(H,23,29)(H,24,30)(H,25,31)(H,26,32)(H,27,33)(H,28,34). The smallest absolute Gasteiger partial charge is 0.407 e. The second-order valence-corrected chi connectivity index (χ2v) is 8.07. The molecule has 0 atom stereocenters. The summed E-state index contributed by atoms with van der Waals surface area (Å²) in [6.07, 6.45) is -4.58. The van der Waals surface area contributed by atoms with Gasteiger partial charge < -0.3 is 60.3 Å². The molecule has 6 amide bonds. The predicted octanol–water partition coefficient (Wildman–Crippen LogP) is 0.160. The van der Waals surface area contributed by atoms with Crippen LogP contribution in [-0.4, -0.2) is 114 Å². The van der Waals surface area contributed by atoms with Crippen molar-refractivity contribution in [2.75, 3.05) is 65.8 Å². The first-order valence-electron chi connectivity index (χ1n) is 12.5. The van der Waals surface area contributed by atoms with Gasteiger partial charge in [-0.05, 0) is 27.7 Å². The van der Waals surface area contributed by atoms with Crippen molar-refractivity contribution in [1.82, 2.24) is 31.9 Å². The first-order valence-corrected chi connectivity index (χ1v) is 12.5. The summed E-state index contributed by atoms with van der Waals surface area (Å²) in [6, 6.07) is -0.0672. The second kappa shape index (κ2) is 22.6. The van der Waals surface area contributed by atoms with Gasteiger partial charge in [-0.3, -0.25) is 0 Å². The molecule has 18 nitrogen and oxygen atoms in total. The van der Waals surface area contributed by atoms with Gasteiger partial charge in [0.2, 0.25) is 0 Å². The molecule has 0 radical (unpaired) electrons. The summed E-state index contributed by atoms with van der Waals surface area (Å²) >= 11 is 0. The topological polar surface area (TPSA) is 230 Å². The molecular weight excluding hydrogens is 540 g/mol. The number of ether oxygens (including phenoxy) is 6. The van der Waals surface area contributed by atoms with Crippen molar-refractivity contribution in [2.45, 2.75) is 39.8 Å². The number of hydrogen-bond acceptors (Lipinski definition) is 12. The van der Waals surface area contributed by atoms with Gasteiger partial charge in [0.25, 0.3) is 0 Å². The van der Waals surface area contributed by atoms with E-state index in [9.17, 15) is 28.8 Å². The summed E-state index contributed by atoms with van der Waals surface area (Å²) < 4.78 is 29.0. The highest BCUT2D eigenvalue weighted by Gasteiger charge is 2.08. The molecule has 0 saturated carbocycles. The van der Waals surface area contributed by atoms with Gasteiger partial charge in [0.15, 0.2) is 0 Å². The Hall–Kier alpha value is -4.38. The van der Waals surface area contributed by atoms with Gasteiger partial charge in [-0.2, -0.15) is 0 Å². The zero-order valence-corrected chi connectivity index (χ0v) is 23.1. The fraction of sp³-hybridized carbons (Fsp3) is 0.727. The lowest BCUT2D eigenvalue weighted by molar-refractivity contribution is 0.109. The van der Waals surface area contributed by atoms with Crippen molar-refractivity contribution in [3.05, 3.63) is 0 Å². The number of hydrogen-bond donors (Lipinski definition) is 6. The summed E-state index contributed by atoms with van der Waals surface area (Å²) in [5.74, 6) is 0. The molecule has 0 aliphatic rings. The monoisotopic (exact) mass is 580 g/mol. The fourth-order valence-electron chi connectivity index (χ4n) is 2.22. The van der Waals surface area contributed by atoms with Crippen LogP contribution in [0.1, 0.15) is 27.7 Å². The molecule has 0 spiro atoms. The van der Waals surface area contributed by atoms with Gasteiger partial charge >= 0.3 is 36.6 Å². The molecule has 0 aromatic heterocycles. The van der Waals surface area contributed by atoms with Gasteiger partial charge in [-0.25, -0.2) is 28.8 Å². The van der Waals surface area contributed by atoms with Crippen LogP contribution in [-0.2, 0) is 28.4 Å². The lowest BCUT2D eigenvalue weighted by Gasteiger charge is -2.11. The molecule has 0 aliphatic carbocycles. The Kier molecular flexibility index (Phi) is 20.1. The third-order valence-electron chi connectivity index (χ3n) is 3.77. The van der Waals surface area contributed by atoms with E-state index in [1.807, 2.05) is 0 Å². The van der Waals surface area contributed by atoms with E-state index in [1.54, 1.807) is 27.7 Å². The molecule has 0 saturated heterocycles. The van der Waals surface area contributed by atoms with Gasteiger partial charge in [-0.1, -0.05) is 0 Å². The summed E-state index contributed by atoms with van der Waals surface area (Å²) in [7, 11) is 0. The summed E-state index contributed by atoms with van der Waals surface area (Å²) in [4.78, 5) is 68.6. The van der Waals surface area contributed by atoms with E-state index < -0.39 is 36.6 Å². The Morgan fingerprint density at radius 2 is 0.725 bits per heavy atom. The van der Waals surface area contributed by atoms with Crippen molar-refractivity contribution < 1.29 is 57.2 Å². The zero-order valence-electron chi connectivity index (χ0n) is 23.1. The predicted molar refractivity (Wildman–Crippen MR) is 137 cm³/mol. The van der Waals surface area contributed by atoms with Gasteiger partial charge in [0.05, 0.1) is 38.8 Å². The maximum Gasteiger partial charge on any atom is 0.407 e. The van der Waals surface area contributed by atoms with Crippen LogP contribution in [0.5, 0.6) is 0 Å². The largest absolute Gasteiger partial charge is 0.448 e. The van der Waals surface area contributed by atoms with Gasteiger partial charge in [-0.15, -0.1) is 0 Å².